The number of piperazine rings is 1. The average molecular weight is 523 g/mol. The van der Waals surface area contributed by atoms with Crippen molar-refractivity contribution in [2.45, 2.75) is 25.7 Å². The summed E-state index contributed by atoms with van der Waals surface area (Å²) in [6.07, 6.45) is 0. The number of aromatic nitrogens is 4. The molecule has 0 radical (unpaired) electrons. The molecule has 0 bridgehead atoms. The number of sulfonamides is 1. The van der Waals surface area contributed by atoms with Crippen molar-refractivity contribution in [2.24, 2.45) is 0 Å². The highest BCUT2D eigenvalue weighted by Crippen LogP contribution is 2.32. The monoisotopic (exact) mass is 522 g/mol. The topological polar surface area (TPSA) is 113 Å². The lowest BCUT2D eigenvalue weighted by atomic mass is 10.2. The quantitative estimate of drug-likeness (QED) is 0.397. The van der Waals surface area contributed by atoms with Crippen LogP contribution >= 0.6 is 0 Å². The lowest BCUT2D eigenvalue weighted by Gasteiger charge is -2.33. The van der Waals surface area contributed by atoms with Crippen LogP contribution in [0.5, 0.6) is 5.75 Å². The highest BCUT2D eigenvalue weighted by atomic mass is 32.2. The highest BCUT2D eigenvalue weighted by Gasteiger charge is 2.29. The zero-order valence-corrected chi connectivity index (χ0v) is 22.0. The fraction of sp³-hybridized carbons (Fsp3) is 0.346. The number of hydrogen-bond acceptors (Lipinski definition) is 7. The van der Waals surface area contributed by atoms with Crippen LogP contribution in [-0.2, 0) is 10.0 Å². The number of fused-ring (bicyclic) bond motifs is 1. The van der Waals surface area contributed by atoms with Gasteiger partial charge >= 0.3 is 0 Å². The Morgan fingerprint density at radius 3 is 2.43 bits per heavy atom. The minimum absolute atomic E-state index is 0.128. The molecular formula is C26H30N6O4S. The molecule has 2 aromatic carbocycles. The molecule has 0 amide bonds. The summed E-state index contributed by atoms with van der Waals surface area (Å²) in [5, 5.41) is 4.71. The lowest BCUT2D eigenvalue weighted by Crippen LogP contribution is -2.48. The number of benzene rings is 2. The third-order valence-corrected chi connectivity index (χ3v) is 8.52. The van der Waals surface area contributed by atoms with Crippen molar-refractivity contribution in [3.63, 3.8) is 0 Å². The number of ether oxygens (including phenoxy) is 1. The first-order chi connectivity index (χ1) is 17.8. The normalized spacial score (nSPS) is 15.3. The second-order valence-corrected chi connectivity index (χ2v) is 10.8. The number of rotatable bonds is 7. The van der Waals surface area contributed by atoms with E-state index >= 15 is 0 Å². The van der Waals surface area contributed by atoms with Gasteiger partial charge in [-0.1, -0.05) is 37.3 Å². The van der Waals surface area contributed by atoms with Crippen molar-refractivity contribution < 1.29 is 13.2 Å². The van der Waals surface area contributed by atoms with Crippen LogP contribution in [0.15, 0.2) is 58.2 Å². The predicted molar refractivity (Wildman–Crippen MR) is 141 cm³/mol. The molecule has 3 heterocycles. The summed E-state index contributed by atoms with van der Waals surface area (Å²) in [6.45, 7) is 9.15. The molecule has 0 spiro atoms. The number of H-pyrrole nitrogens is 1. The molecule has 1 aliphatic heterocycles. The Hall–Kier alpha value is -3.54. The van der Waals surface area contributed by atoms with Gasteiger partial charge < -0.3 is 14.6 Å². The summed E-state index contributed by atoms with van der Waals surface area (Å²) >= 11 is 0. The van der Waals surface area contributed by atoms with Crippen LogP contribution in [0.1, 0.15) is 19.5 Å². The van der Waals surface area contributed by atoms with Crippen molar-refractivity contribution in [1.82, 2.24) is 28.8 Å². The van der Waals surface area contributed by atoms with Gasteiger partial charge in [0.25, 0.3) is 5.56 Å². The molecule has 1 aliphatic rings. The molecule has 0 saturated carbocycles. The second kappa shape index (κ2) is 10.1. The van der Waals surface area contributed by atoms with E-state index in [9.17, 15) is 13.2 Å². The van der Waals surface area contributed by atoms with E-state index < -0.39 is 10.0 Å². The van der Waals surface area contributed by atoms with Gasteiger partial charge in [-0.05, 0) is 38.6 Å². The van der Waals surface area contributed by atoms with Gasteiger partial charge in [0.15, 0.2) is 17.2 Å². The molecule has 5 rings (SSSR count). The molecule has 194 valence electrons. The molecule has 37 heavy (non-hydrogen) atoms. The molecular weight excluding hydrogens is 492 g/mol. The number of nitrogens with one attached hydrogen (secondary N) is 1. The van der Waals surface area contributed by atoms with Crippen LogP contribution in [0.3, 0.4) is 0 Å². The van der Waals surface area contributed by atoms with Crippen molar-refractivity contribution in [2.75, 3.05) is 39.3 Å². The van der Waals surface area contributed by atoms with E-state index in [4.69, 9.17) is 9.84 Å². The van der Waals surface area contributed by atoms with Crippen molar-refractivity contribution in [3.05, 3.63) is 64.6 Å². The third-order valence-electron chi connectivity index (χ3n) is 6.63. The first kappa shape index (κ1) is 25.1. The maximum atomic E-state index is 13.5. The van der Waals surface area contributed by atoms with E-state index in [0.717, 1.165) is 12.1 Å². The van der Waals surface area contributed by atoms with Gasteiger partial charge in [0.1, 0.15) is 5.75 Å². The van der Waals surface area contributed by atoms with E-state index in [-0.39, 0.29) is 16.3 Å². The lowest BCUT2D eigenvalue weighted by molar-refractivity contribution is 0.196. The highest BCUT2D eigenvalue weighted by molar-refractivity contribution is 7.89. The van der Waals surface area contributed by atoms with Gasteiger partial charge in [-0.3, -0.25) is 4.79 Å². The molecule has 0 unspecified atom stereocenters. The molecule has 0 atom stereocenters. The molecule has 0 aliphatic carbocycles. The number of aryl methyl sites for hydroxylation is 1. The minimum Gasteiger partial charge on any atom is -0.493 e. The van der Waals surface area contributed by atoms with Gasteiger partial charge in [-0.15, -0.1) is 5.10 Å². The smallest absolute Gasteiger partial charge is 0.277 e. The van der Waals surface area contributed by atoms with Gasteiger partial charge in [0, 0.05) is 31.7 Å². The fourth-order valence-electron chi connectivity index (χ4n) is 4.63. The summed E-state index contributed by atoms with van der Waals surface area (Å²) in [6, 6.07) is 14.2. The Morgan fingerprint density at radius 1 is 1.03 bits per heavy atom. The molecule has 1 fully saturated rings. The summed E-state index contributed by atoms with van der Waals surface area (Å²) in [5.41, 5.74) is 1.70. The Labute approximate surface area is 215 Å². The Balaban J connectivity index is 1.64. The largest absolute Gasteiger partial charge is 0.493 e. The third kappa shape index (κ3) is 4.65. The standard InChI is InChI=1S/C26H30N6O4S/c1-4-30-13-15-31(16-14-30)37(34,35)20-11-12-22(36-5-2)21(17-20)24-28-26(33)23-18(3)27-25(32(23)29-24)19-9-7-6-8-10-19/h6-12,17H,4-5,13-16H2,1-3H3,(H,28,29,33). The van der Waals surface area contributed by atoms with Gasteiger partial charge in [0.05, 0.1) is 22.8 Å². The zero-order valence-electron chi connectivity index (χ0n) is 21.1. The van der Waals surface area contributed by atoms with E-state index in [1.165, 1.54) is 14.9 Å². The summed E-state index contributed by atoms with van der Waals surface area (Å²) in [4.78, 5) is 22.9. The molecule has 1 N–H and O–H groups in total. The van der Waals surface area contributed by atoms with Gasteiger partial charge in [0.2, 0.25) is 10.0 Å². The average Bonchev–Trinajstić information content (AvgIpc) is 3.26. The maximum Gasteiger partial charge on any atom is 0.277 e. The first-order valence-electron chi connectivity index (χ1n) is 12.4. The number of nitrogens with zero attached hydrogens (tertiary/aromatic N) is 5. The van der Waals surface area contributed by atoms with Crippen molar-refractivity contribution in [3.8, 4) is 28.5 Å². The van der Waals surface area contributed by atoms with Crippen molar-refractivity contribution in [1.29, 1.82) is 0 Å². The van der Waals surface area contributed by atoms with Crippen LogP contribution in [0.2, 0.25) is 0 Å². The number of aromatic amines is 1. The summed E-state index contributed by atoms with van der Waals surface area (Å²) in [7, 11) is -3.74. The fourth-order valence-corrected chi connectivity index (χ4v) is 6.08. The van der Waals surface area contributed by atoms with Crippen molar-refractivity contribution >= 4 is 15.5 Å². The van der Waals surface area contributed by atoms with Crippen LogP contribution in [0.4, 0.5) is 0 Å². The van der Waals surface area contributed by atoms with E-state index in [1.54, 1.807) is 19.1 Å². The number of imidazole rings is 1. The second-order valence-electron chi connectivity index (χ2n) is 8.88. The summed E-state index contributed by atoms with van der Waals surface area (Å²) in [5.74, 6) is 1.15. The SMILES string of the molecule is CCOc1ccc(S(=O)(=O)N2CCN(CC)CC2)cc1-c1nn2c(-c3ccccc3)nc(C)c2c(=O)[nH]1. The zero-order chi connectivity index (χ0) is 26.2. The molecule has 4 aromatic rings. The Morgan fingerprint density at radius 2 is 1.76 bits per heavy atom. The van der Waals surface area contributed by atoms with Gasteiger partial charge in [-0.2, -0.15) is 4.31 Å². The maximum absolute atomic E-state index is 13.5. The predicted octanol–water partition coefficient (Wildman–Crippen LogP) is 2.78. The first-order valence-corrected chi connectivity index (χ1v) is 13.8. The summed E-state index contributed by atoms with van der Waals surface area (Å²) < 4.78 is 35.9. The molecule has 11 heteroatoms. The van der Waals surface area contributed by atoms with Crippen LogP contribution in [-0.4, -0.2) is 76.5 Å². The van der Waals surface area contributed by atoms with Crippen LogP contribution < -0.4 is 10.3 Å². The Bertz CT molecular complexity index is 1590. The molecule has 10 nitrogen and oxygen atoms in total. The van der Waals surface area contributed by atoms with Gasteiger partial charge in [-0.25, -0.2) is 17.9 Å². The van der Waals surface area contributed by atoms with E-state index in [2.05, 4.69) is 21.8 Å². The minimum atomic E-state index is -3.74. The number of hydrogen-bond donors (Lipinski definition) is 1. The Kier molecular flexibility index (Phi) is 6.84. The van der Waals surface area contributed by atoms with Crippen LogP contribution in [0.25, 0.3) is 28.3 Å². The van der Waals surface area contributed by atoms with E-state index in [1.807, 2.05) is 37.3 Å². The molecule has 2 aromatic heterocycles. The number of likely N-dealkylation sites (N-methyl/N-ethyl adjacent to an activating group) is 1. The van der Waals surface area contributed by atoms with E-state index in [0.29, 0.717) is 61.1 Å². The van der Waals surface area contributed by atoms with Crippen LogP contribution in [0, 0.1) is 6.92 Å². The molecule has 1 saturated heterocycles.